The number of nitrogens with zero attached hydrogens (tertiary/aromatic N) is 2. The van der Waals surface area contributed by atoms with Crippen molar-refractivity contribution in [3.8, 4) is 0 Å². The van der Waals surface area contributed by atoms with Gasteiger partial charge in [0.2, 0.25) is 0 Å². The molecule has 2 N–H and O–H groups in total. The molecule has 6 nitrogen and oxygen atoms in total. The molecule has 6 heteroatoms. The van der Waals surface area contributed by atoms with Crippen LogP contribution in [0.15, 0.2) is 23.0 Å². The molecule has 2 aromatic rings. The van der Waals surface area contributed by atoms with E-state index in [-0.39, 0.29) is 23.2 Å². The zero-order valence-electron chi connectivity index (χ0n) is 12.8. The first-order valence-corrected chi connectivity index (χ1v) is 6.93. The Hall–Kier alpha value is -2.08. The molecule has 1 aromatic carbocycles. The Bertz CT molecular complexity index is 713. The molecule has 0 amide bonds. The van der Waals surface area contributed by atoms with Crippen molar-refractivity contribution in [2.24, 2.45) is 5.92 Å². The zero-order valence-corrected chi connectivity index (χ0v) is 12.8. The van der Waals surface area contributed by atoms with Gasteiger partial charge in [0.05, 0.1) is 22.6 Å². The minimum Gasteiger partial charge on any atom is -0.478 e. The number of hydrogen-bond acceptors (Lipinski definition) is 3. The van der Waals surface area contributed by atoms with Crippen molar-refractivity contribution in [3.05, 3.63) is 34.2 Å². The van der Waals surface area contributed by atoms with Gasteiger partial charge in [-0.15, -0.1) is 0 Å². The second-order valence-corrected chi connectivity index (χ2v) is 5.91. The molecule has 0 saturated carbocycles. The van der Waals surface area contributed by atoms with E-state index in [1.165, 1.54) is 12.1 Å². The summed E-state index contributed by atoms with van der Waals surface area (Å²) in [7, 11) is 3.94. The van der Waals surface area contributed by atoms with Gasteiger partial charge in [-0.05, 0) is 38.2 Å². The molecule has 1 aromatic heterocycles. The van der Waals surface area contributed by atoms with Crippen molar-refractivity contribution in [1.82, 2.24) is 14.5 Å². The molecule has 0 spiro atoms. The molecule has 0 aliphatic rings. The number of imidazole rings is 1. The molecule has 114 valence electrons. The second kappa shape index (κ2) is 5.73. The third kappa shape index (κ3) is 3.00. The summed E-state index contributed by atoms with van der Waals surface area (Å²) in [5, 5.41) is 9.03. The van der Waals surface area contributed by atoms with E-state index in [9.17, 15) is 9.59 Å². The van der Waals surface area contributed by atoms with Gasteiger partial charge in [-0.3, -0.25) is 4.57 Å². The van der Waals surface area contributed by atoms with Gasteiger partial charge in [0, 0.05) is 6.54 Å². The van der Waals surface area contributed by atoms with Gasteiger partial charge in [0.1, 0.15) is 0 Å². The minimum atomic E-state index is -1.00. The summed E-state index contributed by atoms with van der Waals surface area (Å²) in [5.74, 6) is -0.720. The van der Waals surface area contributed by atoms with Crippen LogP contribution in [0.5, 0.6) is 0 Å². The van der Waals surface area contributed by atoms with Gasteiger partial charge >= 0.3 is 11.7 Å². The number of benzene rings is 1. The van der Waals surface area contributed by atoms with Crippen molar-refractivity contribution in [3.63, 3.8) is 0 Å². The van der Waals surface area contributed by atoms with Crippen molar-refractivity contribution in [2.75, 3.05) is 20.6 Å². The number of aromatic nitrogens is 2. The van der Waals surface area contributed by atoms with E-state index in [2.05, 4.69) is 18.8 Å². The van der Waals surface area contributed by atoms with E-state index in [1.807, 2.05) is 19.0 Å². The van der Waals surface area contributed by atoms with Gasteiger partial charge in [0.25, 0.3) is 0 Å². The molecule has 0 aliphatic carbocycles. The lowest BCUT2D eigenvalue weighted by molar-refractivity contribution is 0.0697. The standard InChI is InChI=1S/C15H21N3O3/c1-9(2)13(8-17(3)4)18-12-6-5-10(14(19)20)7-11(12)16-15(18)21/h5-7,9,13H,8H2,1-4H3,(H,16,21)(H,19,20). The Balaban J connectivity index is 2.60. The average molecular weight is 291 g/mol. The quantitative estimate of drug-likeness (QED) is 0.880. The predicted octanol–water partition coefficient (Wildman–Crippen LogP) is 1.79. The number of fused-ring (bicyclic) bond motifs is 1. The highest BCUT2D eigenvalue weighted by Crippen LogP contribution is 2.22. The van der Waals surface area contributed by atoms with E-state index in [1.54, 1.807) is 10.6 Å². The van der Waals surface area contributed by atoms with Crippen LogP contribution in [0.3, 0.4) is 0 Å². The normalized spacial score (nSPS) is 13.2. The fraction of sp³-hybridized carbons (Fsp3) is 0.467. The third-order valence-corrected chi connectivity index (χ3v) is 3.62. The molecule has 0 fully saturated rings. The van der Waals surface area contributed by atoms with Crippen LogP contribution in [-0.4, -0.2) is 46.2 Å². The molecule has 0 radical (unpaired) electrons. The summed E-state index contributed by atoms with van der Waals surface area (Å²) >= 11 is 0. The van der Waals surface area contributed by atoms with E-state index in [0.29, 0.717) is 5.52 Å². The Labute approximate surface area is 123 Å². The first kappa shape index (κ1) is 15.3. The number of carboxylic acid groups (broad SMARTS) is 1. The van der Waals surface area contributed by atoms with Crippen LogP contribution in [0.4, 0.5) is 0 Å². The topological polar surface area (TPSA) is 78.3 Å². The second-order valence-electron chi connectivity index (χ2n) is 5.91. The van der Waals surface area contributed by atoms with Gasteiger partial charge in [-0.2, -0.15) is 0 Å². The predicted molar refractivity (Wildman–Crippen MR) is 81.9 cm³/mol. The summed E-state index contributed by atoms with van der Waals surface area (Å²) in [6.45, 7) is 4.89. The first-order valence-electron chi connectivity index (χ1n) is 6.93. The van der Waals surface area contributed by atoms with Crippen LogP contribution in [0.2, 0.25) is 0 Å². The summed E-state index contributed by atoms with van der Waals surface area (Å²) in [6.07, 6.45) is 0. The van der Waals surface area contributed by atoms with E-state index < -0.39 is 5.97 Å². The average Bonchev–Trinajstić information content (AvgIpc) is 2.70. The molecular formula is C15H21N3O3. The smallest absolute Gasteiger partial charge is 0.335 e. The first-order chi connectivity index (χ1) is 9.81. The van der Waals surface area contributed by atoms with E-state index in [4.69, 9.17) is 5.11 Å². The third-order valence-electron chi connectivity index (χ3n) is 3.62. The largest absolute Gasteiger partial charge is 0.478 e. The van der Waals surface area contributed by atoms with Gasteiger partial charge in [0.15, 0.2) is 0 Å². The van der Waals surface area contributed by atoms with Crippen LogP contribution in [-0.2, 0) is 0 Å². The van der Waals surface area contributed by atoms with E-state index in [0.717, 1.165) is 12.1 Å². The Morgan fingerprint density at radius 1 is 1.38 bits per heavy atom. The molecular weight excluding hydrogens is 270 g/mol. The SMILES string of the molecule is CC(C)C(CN(C)C)n1c(=O)[nH]c2cc(C(=O)O)ccc21. The van der Waals surface area contributed by atoms with Gasteiger partial charge < -0.3 is 15.0 Å². The Kier molecular flexibility index (Phi) is 4.18. The van der Waals surface area contributed by atoms with Crippen LogP contribution in [0.25, 0.3) is 11.0 Å². The maximum atomic E-state index is 12.3. The lowest BCUT2D eigenvalue weighted by Crippen LogP contribution is -2.33. The van der Waals surface area contributed by atoms with Crippen LogP contribution < -0.4 is 5.69 Å². The van der Waals surface area contributed by atoms with Crippen LogP contribution in [0, 0.1) is 5.92 Å². The van der Waals surface area contributed by atoms with Crippen LogP contribution >= 0.6 is 0 Å². The maximum Gasteiger partial charge on any atom is 0.335 e. The summed E-state index contributed by atoms with van der Waals surface area (Å²) < 4.78 is 1.73. The Morgan fingerprint density at radius 3 is 2.57 bits per heavy atom. The zero-order chi connectivity index (χ0) is 15.7. The molecule has 1 unspecified atom stereocenters. The number of hydrogen-bond donors (Lipinski definition) is 2. The van der Waals surface area contributed by atoms with Crippen molar-refractivity contribution in [1.29, 1.82) is 0 Å². The van der Waals surface area contributed by atoms with Crippen molar-refractivity contribution in [2.45, 2.75) is 19.9 Å². The molecule has 0 bridgehead atoms. The number of H-pyrrole nitrogens is 1. The number of carbonyl (C=O) groups is 1. The highest BCUT2D eigenvalue weighted by molar-refractivity contribution is 5.92. The molecule has 1 atom stereocenters. The summed E-state index contributed by atoms with van der Waals surface area (Å²) in [6, 6.07) is 4.75. The lowest BCUT2D eigenvalue weighted by atomic mass is 10.0. The van der Waals surface area contributed by atoms with Crippen molar-refractivity contribution >= 4 is 17.0 Å². The molecule has 0 aliphatic heterocycles. The van der Waals surface area contributed by atoms with E-state index >= 15 is 0 Å². The highest BCUT2D eigenvalue weighted by atomic mass is 16.4. The number of carboxylic acids is 1. The Morgan fingerprint density at radius 2 is 2.05 bits per heavy atom. The summed E-state index contributed by atoms with van der Waals surface area (Å²) in [4.78, 5) is 28.1. The number of aromatic carboxylic acids is 1. The molecule has 1 heterocycles. The molecule has 2 rings (SSSR count). The summed E-state index contributed by atoms with van der Waals surface area (Å²) in [5.41, 5.74) is 1.27. The van der Waals surface area contributed by atoms with Crippen LogP contribution in [0.1, 0.15) is 30.2 Å². The molecule has 21 heavy (non-hydrogen) atoms. The highest BCUT2D eigenvalue weighted by Gasteiger charge is 2.21. The minimum absolute atomic E-state index is 0.0249. The number of nitrogens with one attached hydrogen (secondary N) is 1. The lowest BCUT2D eigenvalue weighted by Gasteiger charge is -2.25. The number of aromatic amines is 1. The fourth-order valence-corrected chi connectivity index (χ4v) is 2.56. The molecule has 0 saturated heterocycles. The van der Waals surface area contributed by atoms with Gasteiger partial charge in [-0.25, -0.2) is 9.59 Å². The fourth-order valence-electron chi connectivity index (χ4n) is 2.56. The number of rotatable bonds is 5. The number of likely N-dealkylation sites (N-methyl/N-ethyl adjacent to an activating group) is 1. The van der Waals surface area contributed by atoms with Crippen molar-refractivity contribution < 1.29 is 9.90 Å². The van der Waals surface area contributed by atoms with Gasteiger partial charge in [-0.1, -0.05) is 13.8 Å². The maximum absolute atomic E-state index is 12.3. The monoisotopic (exact) mass is 291 g/mol.